The summed E-state index contributed by atoms with van der Waals surface area (Å²) in [5.74, 6) is -1.56. The van der Waals surface area contributed by atoms with Gasteiger partial charge in [-0.05, 0) is 22.4 Å². The van der Waals surface area contributed by atoms with Gasteiger partial charge in [-0.1, -0.05) is 71.2 Å². The van der Waals surface area contributed by atoms with Crippen molar-refractivity contribution in [2.45, 2.75) is 0 Å². The number of carbonyl (C=O) groups is 1. The molecule has 0 saturated heterocycles. The predicted octanol–water partition coefficient (Wildman–Crippen LogP) is 4.00. The molecule has 0 unspecified atom stereocenters. The quantitative estimate of drug-likeness (QED) is 0.413. The molecular formula is C17H9Cl3N3O2-. The lowest BCUT2D eigenvalue weighted by atomic mass is 10.1. The van der Waals surface area contributed by atoms with Crippen LogP contribution in [0.1, 0.15) is 16.1 Å². The number of carboxylic acids is 1. The number of anilines is 1. The molecule has 1 N–H and O–H groups in total. The van der Waals surface area contributed by atoms with Gasteiger partial charge in [-0.2, -0.15) is 5.10 Å². The van der Waals surface area contributed by atoms with E-state index in [1.54, 1.807) is 6.21 Å². The minimum Gasteiger partial charge on any atom is -0.543 e. The molecule has 0 aliphatic heterocycles. The molecule has 0 atom stereocenters. The number of hydrogen-bond donors (Lipinski definition) is 1. The molecule has 1 heterocycles. The van der Waals surface area contributed by atoms with E-state index in [1.807, 2.05) is 42.5 Å². The fraction of sp³-hybridized carbons (Fsp3) is 0. The van der Waals surface area contributed by atoms with Gasteiger partial charge >= 0.3 is 0 Å². The van der Waals surface area contributed by atoms with E-state index in [0.717, 1.165) is 16.3 Å². The SMILES string of the molecule is O=C([O-])c1nc(Cl)c(Cl)c(N/N=C\c2ccc3ccccc3c2)c1Cl. The van der Waals surface area contributed by atoms with E-state index >= 15 is 0 Å². The van der Waals surface area contributed by atoms with Crippen molar-refractivity contribution in [2.75, 3.05) is 5.43 Å². The molecule has 0 spiro atoms. The second kappa shape index (κ2) is 7.27. The van der Waals surface area contributed by atoms with Crippen LogP contribution < -0.4 is 10.5 Å². The molecule has 1 aromatic heterocycles. The van der Waals surface area contributed by atoms with E-state index in [4.69, 9.17) is 34.8 Å². The van der Waals surface area contributed by atoms with E-state index < -0.39 is 11.7 Å². The van der Waals surface area contributed by atoms with Crippen LogP contribution in [-0.2, 0) is 0 Å². The lowest BCUT2D eigenvalue weighted by Crippen LogP contribution is -2.24. The summed E-state index contributed by atoms with van der Waals surface area (Å²) in [6, 6.07) is 13.7. The van der Waals surface area contributed by atoms with E-state index in [-0.39, 0.29) is 20.9 Å². The molecule has 0 aliphatic carbocycles. The van der Waals surface area contributed by atoms with Crippen LogP contribution >= 0.6 is 34.8 Å². The minimum atomic E-state index is -1.56. The summed E-state index contributed by atoms with van der Waals surface area (Å²) in [5.41, 5.74) is 2.96. The maximum atomic E-state index is 11.0. The molecule has 0 radical (unpaired) electrons. The van der Waals surface area contributed by atoms with Crippen molar-refractivity contribution in [3.63, 3.8) is 0 Å². The number of halogens is 3. The highest BCUT2D eigenvalue weighted by molar-refractivity contribution is 6.46. The monoisotopic (exact) mass is 392 g/mol. The zero-order valence-corrected chi connectivity index (χ0v) is 14.7. The molecule has 0 amide bonds. The number of hydrazone groups is 1. The molecule has 0 saturated carbocycles. The number of nitrogens with zero attached hydrogens (tertiary/aromatic N) is 2. The van der Waals surface area contributed by atoms with Gasteiger partial charge in [0.25, 0.3) is 0 Å². The Bertz CT molecular complexity index is 1010. The first-order valence-corrected chi connectivity index (χ1v) is 8.14. The van der Waals surface area contributed by atoms with Crippen LogP contribution in [0.3, 0.4) is 0 Å². The first-order chi connectivity index (χ1) is 12.0. The number of carboxylic acid groups (broad SMARTS) is 1. The third kappa shape index (κ3) is 3.69. The van der Waals surface area contributed by atoms with Crippen LogP contribution in [0.5, 0.6) is 0 Å². The molecule has 0 bridgehead atoms. The Hall–Kier alpha value is -2.34. The van der Waals surface area contributed by atoms with Crippen LogP contribution in [-0.4, -0.2) is 17.2 Å². The number of fused-ring (bicyclic) bond motifs is 1. The lowest BCUT2D eigenvalue weighted by molar-refractivity contribution is -0.255. The number of aromatic carboxylic acids is 1. The highest BCUT2D eigenvalue weighted by Crippen LogP contribution is 2.36. The van der Waals surface area contributed by atoms with Crippen molar-refractivity contribution in [1.29, 1.82) is 0 Å². The number of nitrogens with one attached hydrogen (secondary N) is 1. The maximum absolute atomic E-state index is 11.0. The Labute approximate surface area is 157 Å². The number of benzene rings is 2. The number of carbonyl (C=O) groups excluding carboxylic acids is 1. The highest BCUT2D eigenvalue weighted by atomic mass is 35.5. The Kier molecular flexibility index (Phi) is 5.08. The summed E-state index contributed by atoms with van der Waals surface area (Å²) >= 11 is 17.8. The zero-order chi connectivity index (χ0) is 18.0. The molecule has 3 rings (SSSR count). The average molecular weight is 394 g/mol. The minimum absolute atomic E-state index is 0.0349. The number of hydrogen-bond acceptors (Lipinski definition) is 5. The van der Waals surface area contributed by atoms with Gasteiger partial charge in [0.1, 0.15) is 10.7 Å². The Morgan fingerprint density at radius 3 is 2.52 bits per heavy atom. The lowest BCUT2D eigenvalue weighted by Gasteiger charge is -2.12. The van der Waals surface area contributed by atoms with E-state index in [2.05, 4.69) is 15.5 Å². The summed E-state index contributed by atoms with van der Waals surface area (Å²) in [6.07, 6.45) is 1.55. The third-order valence-corrected chi connectivity index (χ3v) is 4.50. The number of rotatable bonds is 4. The summed E-state index contributed by atoms with van der Waals surface area (Å²) in [5, 5.41) is 16.8. The van der Waals surface area contributed by atoms with Gasteiger partial charge in [0.05, 0.1) is 22.9 Å². The second-order valence-electron chi connectivity index (χ2n) is 5.02. The predicted molar refractivity (Wildman–Crippen MR) is 98.8 cm³/mol. The molecule has 25 heavy (non-hydrogen) atoms. The summed E-state index contributed by atoms with van der Waals surface area (Å²) in [4.78, 5) is 14.6. The Morgan fingerprint density at radius 1 is 1.08 bits per heavy atom. The largest absolute Gasteiger partial charge is 0.543 e. The van der Waals surface area contributed by atoms with Crippen molar-refractivity contribution < 1.29 is 9.90 Å². The van der Waals surface area contributed by atoms with Crippen molar-refractivity contribution in [3.05, 3.63) is 68.9 Å². The number of aromatic nitrogens is 1. The highest BCUT2D eigenvalue weighted by Gasteiger charge is 2.16. The van der Waals surface area contributed by atoms with Crippen LogP contribution in [0.2, 0.25) is 15.2 Å². The van der Waals surface area contributed by atoms with Crippen LogP contribution in [0.4, 0.5) is 5.69 Å². The summed E-state index contributed by atoms with van der Waals surface area (Å²) in [7, 11) is 0. The van der Waals surface area contributed by atoms with Gasteiger partial charge in [0, 0.05) is 0 Å². The molecule has 8 heteroatoms. The third-order valence-electron chi connectivity index (χ3n) is 3.39. The summed E-state index contributed by atoms with van der Waals surface area (Å²) in [6.45, 7) is 0. The molecule has 0 fully saturated rings. The molecule has 0 aliphatic rings. The fourth-order valence-corrected chi connectivity index (χ4v) is 2.87. The fourth-order valence-electron chi connectivity index (χ4n) is 2.21. The topological polar surface area (TPSA) is 77.4 Å². The van der Waals surface area contributed by atoms with E-state index in [0.29, 0.717) is 0 Å². The first kappa shape index (κ1) is 17.5. The van der Waals surface area contributed by atoms with Gasteiger partial charge in [0.15, 0.2) is 5.15 Å². The molecule has 5 nitrogen and oxygen atoms in total. The van der Waals surface area contributed by atoms with E-state index in [1.165, 1.54) is 0 Å². The van der Waals surface area contributed by atoms with Crippen molar-refractivity contribution >= 4 is 63.4 Å². The van der Waals surface area contributed by atoms with Crippen molar-refractivity contribution in [3.8, 4) is 0 Å². The second-order valence-corrected chi connectivity index (χ2v) is 6.13. The zero-order valence-electron chi connectivity index (χ0n) is 12.5. The van der Waals surface area contributed by atoms with Gasteiger partial charge in [-0.3, -0.25) is 5.43 Å². The van der Waals surface area contributed by atoms with Crippen LogP contribution in [0.15, 0.2) is 47.6 Å². The molecule has 2 aromatic carbocycles. The first-order valence-electron chi connectivity index (χ1n) is 7.01. The number of pyridine rings is 1. The molecular weight excluding hydrogens is 385 g/mol. The van der Waals surface area contributed by atoms with Crippen LogP contribution in [0, 0.1) is 0 Å². The maximum Gasteiger partial charge on any atom is 0.150 e. The van der Waals surface area contributed by atoms with Gasteiger partial charge in [0.2, 0.25) is 0 Å². The summed E-state index contributed by atoms with van der Waals surface area (Å²) < 4.78 is 0. The van der Waals surface area contributed by atoms with Crippen molar-refractivity contribution in [1.82, 2.24) is 4.98 Å². The average Bonchev–Trinajstić information content (AvgIpc) is 2.60. The van der Waals surface area contributed by atoms with Gasteiger partial charge in [-0.25, -0.2) is 4.98 Å². The van der Waals surface area contributed by atoms with Gasteiger partial charge in [-0.15, -0.1) is 0 Å². The van der Waals surface area contributed by atoms with Gasteiger partial charge < -0.3 is 9.90 Å². The normalized spacial score (nSPS) is 11.2. The van der Waals surface area contributed by atoms with Crippen molar-refractivity contribution in [2.24, 2.45) is 5.10 Å². The Balaban J connectivity index is 1.89. The molecule has 126 valence electrons. The standard InChI is InChI=1S/C17H10Cl3N3O2/c18-12-14(13(19)16(20)22-15(12)17(24)25)23-21-8-9-5-6-10-3-1-2-4-11(10)7-9/h1-8H,(H,22,23)(H,24,25)/p-1/b21-8-. The van der Waals surface area contributed by atoms with Crippen LogP contribution in [0.25, 0.3) is 10.8 Å². The smallest absolute Gasteiger partial charge is 0.150 e. The Morgan fingerprint density at radius 2 is 1.80 bits per heavy atom. The van der Waals surface area contributed by atoms with E-state index in [9.17, 15) is 9.90 Å². The molecule has 3 aromatic rings.